The predicted molar refractivity (Wildman–Crippen MR) is 216 cm³/mol. The van der Waals surface area contributed by atoms with Crippen LogP contribution in [0, 0.1) is 0 Å². The van der Waals surface area contributed by atoms with E-state index in [0.29, 0.717) is 0 Å². The van der Waals surface area contributed by atoms with Crippen molar-refractivity contribution in [3.05, 3.63) is 204 Å². The lowest BCUT2D eigenvalue weighted by molar-refractivity contribution is 0.668. The van der Waals surface area contributed by atoms with Gasteiger partial charge in [0.15, 0.2) is 0 Å². The van der Waals surface area contributed by atoms with Crippen LogP contribution in [0.1, 0.15) is 22.3 Å². The molecule has 0 aliphatic heterocycles. The number of imidazole rings is 1. The van der Waals surface area contributed by atoms with Crippen molar-refractivity contribution in [1.82, 2.24) is 9.55 Å². The summed E-state index contributed by atoms with van der Waals surface area (Å²) in [5, 5.41) is 2.36. The maximum atomic E-state index is 6.44. The zero-order valence-corrected chi connectivity index (χ0v) is 28.6. The highest BCUT2D eigenvalue weighted by atomic mass is 16.3. The molecule has 0 radical (unpaired) electrons. The molecule has 10 aromatic rings. The summed E-state index contributed by atoms with van der Waals surface area (Å²) in [6.45, 7) is 0. The molecule has 8 aromatic carbocycles. The molecule has 53 heavy (non-hydrogen) atoms. The number of furan rings is 1. The minimum absolute atomic E-state index is 0.457. The summed E-state index contributed by atoms with van der Waals surface area (Å²) >= 11 is 0. The molecule has 0 fully saturated rings. The van der Waals surface area contributed by atoms with Crippen molar-refractivity contribution in [1.29, 1.82) is 0 Å². The van der Waals surface area contributed by atoms with Crippen LogP contribution in [-0.2, 0) is 5.41 Å². The van der Waals surface area contributed by atoms with E-state index in [1.165, 1.54) is 61.0 Å². The third-order valence-electron chi connectivity index (χ3n) is 11.6. The summed E-state index contributed by atoms with van der Waals surface area (Å²) in [5.41, 5.74) is 18.5. The number of aromatic nitrogens is 2. The number of rotatable bonds is 3. The maximum absolute atomic E-state index is 6.44. The van der Waals surface area contributed by atoms with Crippen molar-refractivity contribution < 1.29 is 4.42 Å². The van der Waals surface area contributed by atoms with Gasteiger partial charge in [-0.1, -0.05) is 140 Å². The Hall–Kier alpha value is -6.97. The number of fused-ring (bicyclic) bond motifs is 15. The predicted octanol–water partition coefficient (Wildman–Crippen LogP) is 12.6. The molecule has 246 valence electrons. The molecular formula is C50H30N2O. The monoisotopic (exact) mass is 674 g/mol. The highest BCUT2D eigenvalue weighted by molar-refractivity contribution is 6.16. The Bertz CT molecular complexity index is 3110. The fourth-order valence-electron chi connectivity index (χ4n) is 9.49. The molecule has 2 heterocycles. The average Bonchev–Trinajstić information content (AvgIpc) is 3.96. The highest BCUT2D eigenvalue weighted by Crippen LogP contribution is 2.64. The fraction of sp³-hybridized carbons (Fsp3) is 0.0200. The van der Waals surface area contributed by atoms with Gasteiger partial charge in [0.05, 0.1) is 16.4 Å². The van der Waals surface area contributed by atoms with Gasteiger partial charge in [-0.3, -0.25) is 4.57 Å². The van der Waals surface area contributed by atoms with Gasteiger partial charge in [-0.2, -0.15) is 0 Å². The fourth-order valence-corrected chi connectivity index (χ4v) is 9.49. The standard InChI is InChI=1S/C50H30N2O/c1-2-12-34(13-3-1)52-44-20-10-9-19-43(44)51-49(52)32-24-22-31(23-25-32)33-26-27-36-35-14-4-7-17-39(35)50(42(36)30-33)40-18-8-5-15-37(40)47-41(50)28-29-46-48(47)38-16-6-11-21-45(38)53-46/h1-30H. The molecule has 2 aromatic heterocycles. The Morgan fingerprint density at radius 2 is 1.11 bits per heavy atom. The second kappa shape index (κ2) is 10.5. The van der Waals surface area contributed by atoms with Crippen LogP contribution in [0.5, 0.6) is 0 Å². The van der Waals surface area contributed by atoms with Gasteiger partial charge in [0.25, 0.3) is 0 Å². The minimum atomic E-state index is -0.457. The Balaban J connectivity index is 1.06. The zero-order chi connectivity index (χ0) is 34.7. The van der Waals surface area contributed by atoms with Crippen LogP contribution in [0.15, 0.2) is 186 Å². The number of hydrogen-bond acceptors (Lipinski definition) is 2. The Kier molecular flexibility index (Phi) is 5.70. The average molecular weight is 675 g/mol. The molecule has 1 atom stereocenters. The molecule has 0 amide bonds. The lowest BCUT2D eigenvalue weighted by Crippen LogP contribution is -2.25. The van der Waals surface area contributed by atoms with E-state index < -0.39 is 5.41 Å². The van der Waals surface area contributed by atoms with Gasteiger partial charge in [-0.25, -0.2) is 4.98 Å². The number of para-hydroxylation sites is 4. The van der Waals surface area contributed by atoms with E-state index in [1.807, 2.05) is 0 Å². The molecule has 3 nitrogen and oxygen atoms in total. The summed E-state index contributed by atoms with van der Waals surface area (Å²) in [6, 6.07) is 65.8. The first kappa shape index (κ1) is 28.7. The van der Waals surface area contributed by atoms with E-state index in [-0.39, 0.29) is 0 Å². The second-order valence-corrected chi connectivity index (χ2v) is 14.2. The largest absolute Gasteiger partial charge is 0.456 e. The smallest absolute Gasteiger partial charge is 0.145 e. The van der Waals surface area contributed by atoms with Gasteiger partial charge in [0, 0.05) is 22.0 Å². The molecule has 12 rings (SSSR count). The van der Waals surface area contributed by atoms with Crippen LogP contribution in [-0.4, -0.2) is 9.55 Å². The molecule has 3 heteroatoms. The maximum Gasteiger partial charge on any atom is 0.145 e. The summed E-state index contributed by atoms with van der Waals surface area (Å²) in [6.07, 6.45) is 0. The van der Waals surface area contributed by atoms with Crippen LogP contribution in [0.4, 0.5) is 0 Å². The van der Waals surface area contributed by atoms with Crippen LogP contribution in [0.25, 0.3) is 83.4 Å². The van der Waals surface area contributed by atoms with E-state index in [1.54, 1.807) is 0 Å². The first-order chi connectivity index (χ1) is 26.3. The third-order valence-corrected chi connectivity index (χ3v) is 11.6. The van der Waals surface area contributed by atoms with E-state index >= 15 is 0 Å². The molecule has 0 bridgehead atoms. The van der Waals surface area contributed by atoms with E-state index in [9.17, 15) is 0 Å². The van der Waals surface area contributed by atoms with Crippen LogP contribution in [0.3, 0.4) is 0 Å². The van der Waals surface area contributed by atoms with Crippen molar-refractivity contribution in [3.63, 3.8) is 0 Å². The lowest BCUT2D eigenvalue weighted by Gasteiger charge is -2.30. The number of benzene rings is 8. The first-order valence-electron chi connectivity index (χ1n) is 18.2. The number of hydrogen-bond donors (Lipinski definition) is 0. The minimum Gasteiger partial charge on any atom is -0.456 e. The zero-order valence-electron chi connectivity index (χ0n) is 28.6. The van der Waals surface area contributed by atoms with Crippen LogP contribution in [0.2, 0.25) is 0 Å². The lowest BCUT2D eigenvalue weighted by atomic mass is 9.70. The molecule has 0 N–H and O–H groups in total. The molecule has 2 aliphatic carbocycles. The Morgan fingerprint density at radius 3 is 1.98 bits per heavy atom. The normalized spacial score (nSPS) is 15.2. The van der Waals surface area contributed by atoms with Crippen molar-refractivity contribution in [2.75, 3.05) is 0 Å². The van der Waals surface area contributed by atoms with E-state index in [0.717, 1.165) is 44.7 Å². The first-order valence-corrected chi connectivity index (χ1v) is 18.2. The summed E-state index contributed by atoms with van der Waals surface area (Å²) in [5.74, 6) is 0.935. The highest BCUT2D eigenvalue weighted by Gasteiger charge is 2.52. The van der Waals surface area contributed by atoms with Crippen LogP contribution >= 0.6 is 0 Å². The third kappa shape index (κ3) is 3.75. The molecule has 2 aliphatic rings. The summed E-state index contributed by atoms with van der Waals surface area (Å²) in [4.78, 5) is 5.12. The van der Waals surface area contributed by atoms with Gasteiger partial charge in [-0.05, 0) is 98.1 Å². The molecule has 1 unspecified atom stereocenters. The van der Waals surface area contributed by atoms with E-state index in [4.69, 9.17) is 9.40 Å². The van der Waals surface area contributed by atoms with Crippen LogP contribution < -0.4 is 0 Å². The summed E-state index contributed by atoms with van der Waals surface area (Å²) < 4.78 is 8.70. The molecular weight excluding hydrogens is 645 g/mol. The van der Waals surface area contributed by atoms with Crippen molar-refractivity contribution in [3.8, 4) is 50.5 Å². The summed E-state index contributed by atoms with van der Waals surface area (Å²) in [7, 11) is 0. The quantitative estimate of drug-likeness (QED) is 0.187. The topological polar surface area (TPSA) is 31.0 Å². The second-order valence-electron chi connectivity index (χ2n) is 14.2. The van der Waals surface area contributed by atoms with Gasteiger partial charge in [0.1, 0.15) is 17.0 Å². The molecule has 0 saturated carbocycles. The molecule has 0 saturated heterocycles. The van der Waals surface area contributed by atoms with E-state index in [2.05, 4.69) is 187 Å². The molecule has 1 spiro atoms. The SMILES string of the molecule is c1ccc(-n2c(-c3ccc(-c4ccc5c(c4)C4(c6ccccc6-5)c5ccccc5-c5c4ccc4oc6ccccc6c54)cc3)nc3ccccc32)cc1. The van der Waals surface area contributed by atoms with Crippen molar-refractivity contribution in [2.45, 2.75) is 5.41 Å². The van der Waals surface area contributed by atoms with Crippen molar-refractivity contribution in [2.24, 2.45) is 0 Å². The Labute approximate surface area is 306 Å². The van der Waals surface area contributed by atoms with Gasteiger partial charge < -0.3 is 4.42 Å². The van der Waals surface area contributed by atoms with Gasteiger partial charge in [-0.15, -0.1) is 0 Å². The van der Waals surface area contributed by atoms with Gasteiger partial charge in [0.2, 0.25) is 0 Å². The van der Waals surface area contributed by atoms with Gasteiger partial charge >= 0.3 is 0 Å². The van der Waals surface area contributed by atoms with Crippen molar-refractivity contribution >= 4 is 33.0 Å². The number of nitrogens with zero attached hydrogens (tertiary/aromatic N) is 2. The Morgan fingerprint density at radius 1 is 0.453 bits per heavy atom.